The predicted octanol–water partition coefficient (Wildman–Crippen LogP) is 5.52. The molecule has 2 aromatic carbocycles. The van der Waals surface area contributed by atoms with Crippen LogP contribution in [0.2, 0.25) is 10.0 Å². The molecule has 0 aliphatic heterocycles. The highest BCUT2D eigenvalue weighted by atomic mass is 35.5. The van der Waals surface area contributed by atoms with E-state index >= 15 is 0 Å². The minimum Gasteiger partial charge on any atom is -0.503 e. The van der Waals surface area contributed by atoms with Crippen molar-refractivity contribution < 1.29 is 23.7 Å². The molecule has 0 amide bonds. The topological polar surface area (TPSA) is 54.0 Å². The van der Waals surface area contributed by atoms with Gasteiger partial charge in [0, 0.05) is 6.07 Å². The van der Waals surface area contributed by atoms with E-state index < -0.39 is 5.97 Å². The molecule has 154 valence electrons. The number of hydrogen-bond acceptors (Lipinski definition) is 5. The SMILES string of the molecule is CO/C=C(/C(=O)OC)c1ccccc1COc1cc(OCC2CC2)c(Cl)cc1Cl. The fraction of sp³-hybridized carbons (Fsp3) is 0.318. The van der Waals surface area contributed by atoms with Gasteiger partial charge in [-0.15, -0.1) is 0 Å². The van der Waals surface area contributed by atoms with Gasteiger partial charge in [0.05, 0.1) is 37.1 Å². The van der Waals surface area contributed by atoms with Crippen LogP contribution in [0.3, 0.4) is 0 Å². The highest BCUT2D eigenvalue weighted by Crippen LogP contribution is 2.38. The van der Waals surface area contributed by atoms with E-state index in [0.717, 1.165) is 5.56 Å². The zero-order valence-corrected chi connectivity index (χ0v) is 17.8. The van der Waals surface area contributed by atoms with Gasteiger partial charge in [0.2, 0.25) is 0 Å². The molecule has 29 heavy (non-hydrogen) atoms. The van der Waals surface area contributed by atoms with Crippen molar-refractivity contribution in [2.75, 3.05) is 20.8 Å². The Hall–Kier alpha value is -2.37. The van der Waals surface area contributed by atoms with Crippen molar-refractivity contribution in [2.24, 2.45) is 5.92 Å². The first-order valence-corrected chi connectivity index (χ1v) is 9.93. The van der Waals surface area contributed by atoms with Crippen molar-refractivity contribution in [1.29, 1.82) is 0 Å². The van der Waals surface area contributed by atoms with Gasteiger partial charge in [0.15, 0.2) is 0 Å². The van der Waals surface area contributed by atoms with E-state index in [1.165, 1.54) is 33.3 Å². The summed E-state index contributed by atoms with van der Waals surface area (Å²) in [5, 5.41) is 0.825. The molecule has 0 radical (unpaired) electrons. The van der Waals surface area contributed by atoms with Crippen molar-refractivity contribution in [3.8, 4) is 11.5 Å². The van der Waals surface area contributed by atoms with Gasteiger partial charge in [-0.2, -0.15) is 0 Å². The summed E-state index contributed by atoms with van der Waals surface area (Å²) in [5.41, 5.74) is 1.72. The average molecular weight is 437 g/mol. The highest BCUT2D eigenvalue weighted by molar-refractivity contribution is 6.36. The van der Waals surface area contributed by atoms with Crippen molar-refractivity contribution in [1.82, 2.24) is 0 Å². The van der Waals surface area contributed by atoms with Crippen molar-refractivity contribution in [3.05, 3.63) is 63.8 Å². The Balaban J connectivity index is 1.80. The molecule has 0 N–H and O–H groups in total. The molecule has 0 atom stereocenters. The maximum atomic E-state index is 12.1. The fourth-order valence-electron chi connectivity index (χ4n) is 2.74. The molecule has 1 aliphatic rings. The molecule has 2 aromatic rings. The summed E-state index contributed by atoms with van der Waals surface area (Å²) < 4.78 is 21.6. The van der Waals surface area contributed by atoms with Crippen LogP contribution in [0.25, 0.3) is 5.57 Å². The van der Waals surface area contributed by atoms with Crippen LogP contribution in [0.15, 0.2) is 42.7 Å². The lowest BCUT2D eigenvalue weighted by Crippen LogP contribution is -2.08. The van der Waals surface area contributed by atoms with Crippen LogP contribution in [0.1, 0.15) is 24.0 Å². The second-order valence-electron chi connectivity index (χ2n) is 6.67. The molecule has 1 saturated carbocycles. The number of esters is 1. The minimum atomic E-state index is -0.500. The second kappa shape index (κ2) is 9.90. The first kappa shape index (κ1) is 21.3. The highest BCUT2D eigenvalue weighted by Gasteiger charge is 2.23. The molecule has 0 bridgehead atoms. The molecular formula is C22H22Cl2O5. The molecule has 0 aromatic heterocycles. The summed E-state index contributed by atoms with van der Waals surface area (Å²) in [4.78, 5) is 12.1. The third kappa shape index (κ3) is 5.58. The van der Waals surface area contributed by atoms with Gasteiger partial charge < -0.3 is 18.9 Å². The van der Waals surface area contributed by atoms with E-state index in [2.05, 4.69) is 0 Å². The van der Waals surface area contributed by atoms with E-state index in [1.54, 1.807) is 18.2 Å². The minimum absolute atomic E-state index is 0.178. The summed E-state index contributed by atoms with van der Waals surface area (Å²) >= 11 is 12.5. The first-order valence-electron chi connectivity index (χ1n) is 9.17. The number of halogens is 2. The van der Waals surface area contributed by atoms with Crippen LogP contribution >= 0.6 is 23.2 Å². The Morgan fingerprint density at radius 2 is 1.76 bits per heavy atom. The smallest absolute Gasteiger partial charge is 0.341 e. The Kier molecular flexibility index (Phi) is 7.29. The lowest BCUT2D eigenvalue weighted by molar-refractivity contribution is -0.133. The van der Waals surface area contributed by atoms with Gasteiger partial charge in [-0.3, -0.25) is 0 Å². The monoisotopic (exact) mass is 436 g/mol. The number of ether oxygens (including phenoxy) is 4. The predicted molar refractivity (Wildman–Crippen MR) is 112 cm³/mol. The van der Waals surface area contributed by atoms with Crippen molar-refractivity contribution >= 4 is 34.7 Å². The molecular weight excluding hydrogens is 415 g/mol. The van der Waals surface area contributed by atoms with Crippen LogP contribution in [-0.2, 0) is 20.9 Å². The first-order chi connectivity index (χ1) is 14.0. The van der Waals surface area contributed by atoms with Gasteiger partial charge in [0.25, 0.3) is 0 Å². The van der Waals surface area contributed by atoms with Crippen LogP contribution in [-0.4, -0.2) is 26.8 Å². The molecule has 0 spiro atoms. The van der Waals surface area contributed by atoms with Crippen LogP contribution < -0.4 is 9.47 Å². The van der Waals surface area contributed by atoms with Crippen molar-refractivity contribution in [3.63, 3.8) is 0 Å². The standard InChI is InChI=1S/C22H22Cl2O5/c1-26-13-17(22(25)27-2)16-6-4-3-5-15(16)12-29-21-10-20(18(23)9-19(21)24)28-11-14-7-8-14/h3-6,9-10,13-14H,7-8,11-12H2,1-2H3/b17-13+. The lowest BCUT2D eigenvalue weighted by Gasteiger charge is -2.15. The zero-order valence-electron chi connectivity index (χ0n) is 16.2. The van der Waals surface area contributed by atoms with E-state index in [4.69, 9.17) is 42.1 Å². The molecule has 3 rings (SSSR count). The zero-order chi connectivity index (χ0) is 20.8. The summed E-state index contributed by atoms with van der Waals surface area (Å²) in [5.74, 6) is 1.09. The molecule has 7 heteroatoms. The maximum absolute atomic E-state index is 12.1. The van der Waals surface area contributed by atoms with Gasteiger partial charge in [-0.1, -0.05) is 47.5 Å². The lowest BCUT2D eigenvalue weighted by atomic mass is 10.0. The van der Waals surface area contributed by atoms with Crippen LogP contribution in [0.5, 0.6) is 11.5 Å². The molecule has 1 fully saturated rings. The Morgan fingerprint density at radius 1 is 1.07 bits per heavy atom. The number of rotatable bonds is 9. The molecule has 0 heterocycles. The normalized spacial score (nSPS) is 13.7. The van der Waals surface area contributed by atoms with Gasteiger partial charge in [-0.05, 0) is 36.0 Å². The van der Waals surface area contributed by atoms with E-state index in [9.17, 15) is 4.79 Å². The number of methoxy groups -OCH3 is 2. The van der Waals surface area contributed by atoms with E-state index in [0.29, 0.717) is 45.2 Å². The largest absolute Gasteiger partial charge is 0.503 e. The summed E-state index contributed by atoms with van der Waals surface area (Å²) in [6.45, 7) is 0.811. The molecule has 5 nitrogen and oxygen atoms in total. The molecule has 0 unspecified atom stereocenters. The van der Waals surface area contributed by atoms with Crippen molar-refractivity contribution in [2.45, 2.75) is 19.4 Å². The molecule has 1 aliphatic carbocycles. The third-order valence-corrected chi connectivity index (χ3v) is 5.08. The molecule has 0 saturated heterocycles. The second-order valence-corrected chi connectivity index (χ2v) is 7.49. The average Bonchev–Trinajstić information content (AvgIpc) is 3.55. The summed E-state index contributed by atoms with van der Waals surface area (Å²) in [6, 6.07) is 10.6. The summed E-state index contributed by atoms with van der Waals surface area (Å²) in [6.07, 6.45) is 3.72. The Labute approximate surface area is 180 Å². The van der Waals surface area contributed by atoms with Gasteiger partial charge in [0.1, 0.15) is 23.7 Å². The van der Waals surface area contributed by atoms with Crippen LogP contribution in [0, 0.1) is 5.92 Å². The van der Waals surface area contributed by atoms with E-state index in [1.807, 2.05) is 18.2 Å². The third-order valence-electron chi connectivity index (χ3n) is 4.49. The Bertz CT molecular complexity index is 906. The Morgan fingerprint density at radius 3 is 2.41 bits per heavy atom. The van der Waals surface area contributed by atoms with E-state index in [-0.39, 0.29) is 6.61 Å². The number of hydrogen-bond donors (Lipinski definition) is 0. The summed E-state index contributed by atoms with van der Waals surface area (Å²) in [7, 11) is 2.79. The van der Waals surface area contributed by atoms with Gasteiger partial charge in [-0.25, -0.2) is 4.79 Å². The van der Waals surface area contributed by atoms with Crippen LogP contribution in [0.4, 0.5) is 0 Å². The number of carbonyl (C=O) groups is 1. The van der Waals surface area contributed by atoms with Gasteiger partial charge >= 0.3 is 5.97 Å². The maximum Gasteiger partial charge on any atom is 0.341 e. The number of carbonyl (C=O) groups excluding carboxylic acids is 1. The number of benzene rings is 2. The fourth-order valence-corrected chi connectivity index (χ4v) is 3.23. The quantitative estimate of drug-likeness (QED) is 0.294.